The summed E-state index contributed by atoms with van der Waals surface area (Å²) in [5.41, 5.74) is 6.70. The molecule has 0 aliphatic heterocycles. The number of amides is 2. The summed E-state index contributed by atoms with van der Waals surface area (Å²) in [4.78, 5) is 31.3. The monoisotopic (exact) mass is 535 g/mol. The van der Waals surface area contributed by atoms with Crippen LogP contribution < -0.4 is 25.8 Å². The molecule has 2 aromatic carbocycles. The van der Waals surface area contributed by atoms with Gasteiger partial charge in [-0.15, -0.1) is 0 Å². The first kappa shape index (κ1) is 30.3. The van der Waals surface area contributed by atoms with Gasteiger partial charge in [-0.05, 0) is 42.7 Å². The van der Waals surface area contributed by atoms with Crippen molar-refractivity contribution in [2.45, 2.75) is 31.6 Å². The highest BCUT2D eigenvalue weighted by Gasteiger charge is 2.38. The van der Waals surface area contributed by atoms with Crippen molar-refractivity contribution >= 4 is 29.6 Å². The van der Waals surface area contributed by atoms with Crippen LogP contribution >= 0.6 is 11.6 Å². The van der Waals surface area contributed by atoms with Crippen molar-refractivity contribution in [2.24, 2.45) is 5.73 Å². The zero-order chi connectivity index (χ0) is 27.3. The number of hydrogen-bond donors (Lipinski definition) is 5. The van der Waals surface area contributed by atoms with Gasteiger partial charge in [0.15, 0.2) is 0 Å². The minimum Gasteiger partial charge on any atom is -0.497 e. The van der Waals surface area contributed by atoms with Crippen LogP contribution in [-0.2, 0) is 16.1 Å². The Morgan fingerprint density at radius 1 is 1.06 bits per heavy atom. The minimum atomic E-state index is -5.08. The fraction of sp³-hybridized carbons (Fsp3) is 0.318. The van der Waals surface area contributed by atoms with E-state index in [4.69, 9.17) is 41.8 Å². The van der Waals surface area contributed by atoms with Gasteiger partial charge in [0.25, 0.3) is 0 Å². The highest BCUT2D eigenvalue weighted by Crippen LogP contribution is 2.32. The molecule has 14 heteroatoms. The van der Waals surface area contributed by atoms with E-state index in [0.29, 0.717) is 41.7 Å². The third kappa shape index (κ3) is 11.6. The minimum absolute atomic E-state index is 0.260. The molecule has 0 aromatic heterocycles. The van der Waals surface area contributed by atoms with Crippen LogP contribution in [0.4, 0.5) is 18.0 Å². The summed E-state index contributed by atoms with van der Waals surface area (Å²) in [5, 5.41) is 21.1. The summed E-state index contributed by atoms with van der Waals surface area (Å²) in [6.45, 7) is 0.583. The van der Waals surface area contributed by atoms with Crippen molar-refractivity contribution in [1.82, 2.24) is 10.6 Å². The summed E-state index contributed by atoms with van der Waals surface area (Å²) in [6, 6.07) is 11.7. The molecular formula is C22H25ClF3N3O7. The summed E-state index contributed by atoms with van der Waals surface area (Å²) in [7, 11) is 1.56. The molecule has 0 radical (unpaired) electrons. The Kier molecular flexibility index (Phi) is 12.3. The van der Waals surface area contributed by atoms with Crippen LogP contribution in [0.2, 0.25) is 5.02 Å². The molecular weight excluding hydrogens is 511 g/mol. The maximum absolute atomic E-state index is 12.0. The van der Waals surface area contributed by atoms with Gasteiger partial charge in [-0.2, -0.15) is 13.2 Å². The van der Waals surface area contributed by atoms with Crippen molar-refractivity contribution < 1.29 is 47.2 Å². The molecule has 0 bridgehead atoms. The lowest BCUT2D eigenvalue weighted by atomic mass is 10.1. The van der Waals surface area contributed by atoms with E-state index in [1.807, 2.05) is 12.1 Å². The van der Waals surface area contributed by atoms with Crippen molar-refractivity contribution in [2.75, 3.05) is 13.7 Å². The SMILES string of the molecule is COc1ccc(Oc2ccc(CNC(=O)C(N)CCCNC(=O)O)cc2)c(Cl)c1.O=C(O)C(F)(F)F. The van der Waals surface area contributed by atoms with Crippen molar-refractivity contribution in [3.05, 3.63) is 53.1 Å². The summed E-state index contributed by atoms with van der Waals surface area (Å²) in [6.07, 6.45) is -5.30. The van der Waals surface area contributed by atoms with E-state index in [1.165, 1.54) is 0 Å². The number of halogens is 4. The molecule has 10 nitrogen and oxygen atoms in total. The summed E-state index contributed by atoms with van der Waals surface area (Å²) in [5.74, 6) is -1.28. The van der Waals surface area contributed by atoms with Crippen LogP contribution in [0.25, 0.3) is 0 Å². The second-order valence-electron chi connectivity index (χ2n) is 7.04. The number of nitrogens with one attached hydrogen (secondary N) is 2. The van der Waals surface area contributed by atoms with Gasteiger partial charge in [-0.3, -0.25) is 4.79 Å². The molecule has 0 saturated carbocycles. The number of ether oxygens (including phenoxy) is 2. The quantitative estimate of drug-likeness (QED) is 0.287. The van der Waals surface area contributed by atoms with Crippen molar-refractivity contribution in [3.8, 4) is 17.2 Å². The van der Waals surface area contributed by atoms with Crippen LogP contribution in [-0.4, -0.2) is 54.1 Å². The molecule has 198 valence electrons. The van der Waals surface area contributed by atoms with E-state index >= 15 is 0 Å². The number of carboxylic acids is 1. The number of aliphatic carboxylic acids is 1. The first-order valence-electron chi connectivity index (χ1n) is 10.2. The maximum Gasteiger partial charge on any atom is 0.490 e. The third-order valence-corrected chi connectivity index (χ3v) is 4.60. The molecule has 0 heterocycles. The van der Waals surface area contributed by atoms with Gasteiger partial charge >= 0.3 is 18.2 Å². The number of benzene rings is 2. The Morgan fingerprint density at radius 2 is 1.64 bits per heavy atom. The molecule has 36 heavy (non-hydrogen) atoms. The Morgan fingerprint density at radius 3 is 2.14 bits per heavy atom. The van der Waals surface area contributed by atoms with Crippen LogP contribution in [0.3, 0.4) is 0 Å². The average molecular weight is 536 g/mol. The highest BCUT2D eigenvalue weighted by atomic mass is 35.5. The van der Waals surface area contributed by atoms with E-state index < -0.39 is 24.3 Å². The largest absolute Gasteiger partial charge is 0.497 e. The first-order chi connectivity index (χ1) is 16.8. The molecule has 2 aromatic rings. The smallest absolute Gasteiger partial charge is 0.490 e. The van der Waals surface area contributed by atoms with Gasteiger partial charge in [0.1, 0.15) is 17.2 Å². The first-order valence-corrected chi connectivity index (χ1v) is 10.6. The number of methoxy groups -OCH3 is 1. The maximum atomic E-state index is 12.0. The van der Waals surface area contributed by atoms with Gasteiger partial charge < -0.3 is 36.1 Å². The second kappa shape index (κ2) is 14.6. The van der Waals surface area contributed by atoms with E-state index in [-0.39, 0.29) is 12.5 Å². The normalized spacial score (nSPS) is 11.4. The molecule has 1 unspecified atom stereocenters. The van der Waals surface area contributed by atoms with Gasteiger partial charge in [0.05, 0.1) is 18.2 Å². The van der Waals surface area contributed by atoms with E-state index in [0.717, 1.165) is 5.56 Å². The number of carbonyl (C=O) groups excluding carboxylic acids is 1. The number of alkyl halides is 3. The zero-order valence-corrected chi connectivity index (χ0v) is 19.7. The number of rotatable bonds is 10. The molecule has 0 saturated heterocycles. The van der Waals surface area contributed by atoms with Crippen LogP contribution in [0.1, 0.15) is 18.4 Å². The lowest BCUT2D eigenvalue weighted by Gasteiger charge is -2.13. The number of hydrogen-bond acceptors (Lipinski definition) is 6. The van der Waals surface area contributed by atoms with E-state index in [9.17, 15) is 22.8 Å². The number of carboxylic acid groups (broad SMARTS) is 2. The fourth-order valence-corrected chi connectivity index (χ4v) is 2.67. The Balaban J connectivity index is 0.000000809. The number of nitrogens with two attached hydrogens (primary N) is 1. The molecule has 1 atom stereocenters. The third-order valence-electron chi connectivity index (χ3n) is 4.30. The molecule has 0 spiro atoms. The molecule has 0 aliphatic rings. The van der Waals surface area contributed by atoms with Crippen LogP contribution in [0.5, 0.6) is 17.2 Å². The predicted molar refractivity (Wildman–Crippen MR) is 123 cm³/mol. The highest BCUT2D eigenvalue weighted by molar-refractivity contribution is 6.32. The molecule has 0 aliphatic carbocycles. The standard InChI is InChI=1S/C20H24ClN3O5.C2HF3O2/c1-28-15-8-9-18(16(21)11-15)29-14-6-4-13(5-7-14)12-24-19(25)17(22)3-2-10-23-20(26)27;3-2(4,5)1(6)7/h4-9,11,17,23H,2-3,10,12,22H2,1H3,(H,24,25)(H,26,27);(H,6,7). The van der Waals surface area contributed by atoms with Gasteiger partial charge in [0.2, 0.25) is 5.91 Å². The average Bonchev–Trinajstić information content (AvgIpc) is 2.81. The molecule has 6 N–H and O–H groups in total. The van der Waals surface area contributed by atoms with Crippen molar-refractivity contribution in [1.29, 1.82) is 0 Å². The molecule has 2 amide bonds. The Bertz CT molecular complexity index is 1020. The topological polar surface area (TPSA) is 160 Å². The fourth-order valence-electron chi connectivity index (χ4n) is 2.46. The lowest BCUT2D eigenvalue weighted by Crippen LogP contribution is -2.40. The van der Waals surface area contributed by atoms with Gasteiger partial charge in [-0.1, -0.05) is 23.7 Å². The lowest BCUT2D eigenvalue weighted by molar-refractivity contribution is -0.192. The summed E-state index contributed by atoms with van der Waals surface area (Å²) < 4.78 is 42.6. The molecule has 0 fully saturated rings. The van der Waals surface area contributed by atoms with Crippen LogP contribution in [0.15, 0.2) is 42.5 Å². The second-order valence-corrected chi connectivity index (χ2v) is 7.45. The zero-order valence-electron chi connectivity index (χ0n) is 19.0. The van der Waals surface area contributed by atoms with Gasteiger partial charge in [0, 0.05) is 19.2 Å². The summed E-state index contributed by atoms with van der Waals surface area (Å²) >= 11 is 6.17. The predicted octanol–water partition coefficient (Wildman–Crippen LogP) is 3.77. The van der Waals surface area contributed by atoms with Crippen molar-refractivity contribution in [3.63, 3.8) is 0 Å². The van der Waals surface area contributed by atoms with E-state index in [2.05, 4.69) is 10.6 Å². The van der Waals surface area contributed by atoms with Gasteiger partial charge in [-0.25, -0.2) is 9.59 Å². The van der Waals surface area contributed by atoms with Crippen LogP contribution in [0, 0.1) is 0 Å². The Hall–Kier alpha value is -3.71. The molecule has 2 rings (SSSR count). The Labute approximate surface area is 209 Å². The number of carbonyl (C=O) groups is 3. The van der Waals surface area contributed by atoms with E-state index in [1.54, 1.807) is 37.4 Å².